The summed E-state index contributed by atoms with van der Waals surface area (Å²) in [5.74, 6) is -0.235. The molecular weight excluding hydrogens is 547 g/mol. The minimum absolute atomic E-state index is 0.107. The van der Waals surface area contributed by atoms with Crippen LogP contribution in [0, 0.1) is 0 Å². The Morgan fingerprint density at radius 1 is 0.875 bits per heavy atom. The average molecular weight is 580 g/mol. The second kappa shape index (κ2) is 13.5. The number of imidazole rings is 2. The first-order valence-electron chi connectivity index (χ1n) is 13.2. The van der Waals surface area contributed by atoms with Crippen LogP contribution < -0.4 is 5.73 Å². The molecule has 5 rings (SSSR count). The molecule has 2 N–H and O–H groups in total. The second-order valence-corrected chi connectivity index (χ2v) is 10.2. The Bertz CT molecular complexity index is 1600. The summed E-state index contributed by atoms with van der Waals surface area (Å²) in [4.78, 5) is 34.5. The van der Waals surface area contributed by atoms with Crippen LogP contribution >= 0.6 is 23.2 Å². The van der Waals surface area contributed by atoms with Gasteiger partial charge in [-0.05, 0) is 49.2 Å². The van der Waals surface area contributed by atoms with Crippen LogP contribution in [0.4, 0.5) is 0 Å². The smallest absolute Gasteiger partial charge is 0.228 e. The van der Waals surface area contributed by atoms with Gasteiger partial charge in [-0.1, -0.05) is 55.2 Å². The van der Waals surface area contributed by atoms with E-state index in [1.807, 2.05) is 80.7 Å². The van der Waals surface area contributed by atoms with Crippen LogP contribution in [0.25, 0.3) is 22.6 Å². The number of carbonyl (C=O) groups is 2. The molecular formula is C30H32Cl2N6O2. The maximum absolute atomic E-state index is 13.0. The molecule has 0 aliphatic rings. The van der Waals surface area contributed by atoms with Crippen molar-refractivity contribution in [1.29, 1.82) is 0 Å². The summed E-state index contributed by atoms with van der Waals surface area (Å²) < 4.78 is 3.77. The van der Waals surface area contributed by atoms with Crippen LogP contribution in [0.5, 0.6) is 0 Å². The van der Waals surface area contributed by atoms with Crippen molar-refractivity contribution >= 4 is 46.3 Å². The zero-order valence-corrected chi connectivity index (χ0v) is 24.1. The van der Waals surface area contributed by atoms with Crippen molar-refractivity contribution in [3.05, 3.63) is 94.6 Å². The predicted octanol–water partition coefficient (Wildman–Crippen LogP) is 5.86. The van der Waals surface area contributed by atoms with Crippen molar-refractivity contribution in [1.82, 2.24) is 23.7 Å². The summed E-state index contributed by atoms with van der Waals surface area (Å²) in [7, 11) is 0. The number of aromatic nitrogens is 4. The van der Waals surface area contributed by atoms with Crippen LogP contribution in [0.2, 0.25) is 10.0 Å². The van der Waals surface area contributed by atoms with Gasteiger partial charge >= 0.3 is 0 Å². The van der Waals surface area contributed by atoms with Gasteiger partial charge in [0.2, 0.25) is 11.8 Å². The number of nitrogens with zero attached hydrogens (tertiary/aromatic N) is 5. The van der Waals surface area contributed by atoms with E-state index in [0.717, 1.165) is 59.9 Å². The summed E-state index contributed by atoms with van der Waals surface area (Å²) in [6, 6.07) is 16.9. The first-order chi connectivity index (χ1) is 19.3. The zero-order valence-electron chi connectivity index (χ0n) is 22.6. The first kappa shape index (κ1) is 29.1. The topological polar surface area (TPSA) is 98.0 Å². The SMILES string of the molecule is CCCN(CCC)C(=O)Cc1c(-c2ccc(Cl)cc2)nc2ccc(Cl)cn12.NC(=O)Cc1cnc2ccccn12. The molecule has 0 saturated heterocycles. The highest BCUT2D eigenvalue weighted by Crippen LogP contribution is 2.28. The summed E-state index contributed by atoms with van der Waals surface area (Å²) in [6.07, 6.45) is 7.73. The van der Waals surface area contributed by atoms with Crippen molar-refractivity contribution in [3.63, 3.8) is 0 Å². The lowest BCUT2D eigenvalue weighted by molar-refractivity contribution is -0.130. The van der Waals surface area contributed by atoms with Gasteiger partial charge in [-0.25, -0.2) is 9.97 Å². The molecule has 0 unspecified atom stereocenters. The first-order valence-corrected chi connectivity index (χ1v) is 14.0. The van der Waals surface area contributed by atoms with Crippen molar-refractivity contribution in [2.75, 3.05) is 13.1 Å². The minimum Gasteiger partial charge on any atom is -0.369 e. The van der Waals surface area contributed by atoms with E-state index >= 15 is 0 Å². The molecule has 208 valence electrons. The molecule has 0 fully saturated rings. The maximum Gasteiger partial charge on any atom is 0.228 e. The molecule has 0 aliphatic carbocycles. The fourth-order valence-corrected chi connectivity index (χ4v) is 4.81. The number of rotatable bonds is 9. The number of hydrogen-bond donors (Lipinski definition) is 1. The Kier molecular flexibility index (Phi) is 9.79. The number of amides is 2. The minimum atomic E-state index is -0.342. The molecule has 0 atom stereocenters. The van der Waals surface area contributed by atoms with E-state index in [0.29, 0.717) is 10.0 Å². The third kappa shape index (κ3) is 7.00. The quantitative estimate of drug-likeness (QED) is 0.237. The number of hydrogen-bond acceptors (Lipinski definition) is 4. The summed E-state index contributed by atoms with van der Waals surface area (Å²) in [5, 5.41) is 1.27. The second-order valence-electron chi connectivity index (χ2n) is 9.37. The lowest BCUT2D eigenvalue weighted by atomic mass is 10.1. The van der Waals surface area contributed by atoms with Gasteiger partial charge in [-0.2, -0.15) is 0 Å². The van der Waals surface area contributed by atoms with E-state index in [-0.39, 0.29) is 24.7 Å². The molecule has 10 heteroatoms. The van der Waals surface area contributed by atoms with Crippen molar-refractivity contribution in [3.8, 4) is 11.3 Å². The molecule has 0 bridgehead atoms. The fraction of sp³-hybridized carbons (Fsp3) is 0.267. The van der Waals surface area contributed by atoms with E-state index in [4.69, 9.17) is 33.9 Å². The zero-order chi connectivity index (χ0) is 28.6. The van der Waals surface area contributed by atoms with Crippen molar-refractivity contribution in [2.45, 2.75) is 39.5 Å². The number of nitrogens with two attached hydrogens (primary N) is 1. The van der Waals surface area contributed by atoms with Gasteiger partial charge in [0.05, 0.1) is 34.9 Å². The van der Waals surface area contributed by atoms with Crippen molar-refractivity contribution < 1.29 is 9.59 Å². The van der Waals surface area contributed by atoms with Gasteiger partial charge in [0.25, 0.3) is 0 Å². The molecule has 0 aliphatic heterocycles. The largest absolute Gasteiger partial charge is 0.369 e. The van der Waals surface area contributed by atoms with Crippen LogP contribution in [0.1, 0.15) is 38.1 Å². The molecule has 4 heterocycles. The van der Waals surface area contributed by atoms with E-state index in [1.54, 1.807) is 6.20 Å². The monoisotopic (exact) mass is 578 g/mol. The third-order valence-corrected chi connectivity index (χ3v) is 6.78. The number of fused-ring (bicyclic) bond motifs is 2. The Hall–Kier alpha value is -3.88. The molecule has 1 aromatic carbocycles. The molecule has 2 amide bonds. The Morgan fingerprint density at radius 2 is 1.57 bits per heavy atom. The number of carbonyl (C=O) groups excluding carboxylic acids is 2. The third-order valence-electron chi connectivity index (χ3n) is 6.31. The van der Waals surface area contributed by atoms with Crippen LogP contribution in [-0.4, -0.2) is 48.6 Å². The fourth-order valence-electron chi connectivity index (χ4n) is 4.53. The van der Waals surface area contributed by atoms with Gasteiger partial charge in [0.15, 0.2) is 0 Å². The highest BCUT2D eigenvalue weighted by Gasteiger charge is 2.20. The van der Waals surface area contributed by atoms with Crippen LogP contribution in [-0.2, 0) is 22.4 Å². The number of pyridine rings is 2. The van der Waals surface area contributed by atoms with E-state index in [2.05, 4.69) is 18.8 Å². The van der Waals surface area contributed by atoms with Crippen LogP contribution in [0.15, 0.2) is 73.2 Å². The molecule has 0 spiro atoms. The van der Waals surface area contributed by atoms with Gasteiger partial charge in [0, 0.05) is 42.3 Å². The lowest BCUT2D eigenvalue weighted by Gasteiger charge is -2.21. The highest BCUT2D eigenvalue weighted by atomic mass is 35.5. The molecule has 40 heavy (non-hydrogen) atoms. The van der Waals surface area contributed by atoms with Gasteiger partial charge in [-0.15, -0.1) is 0 Å². The predicted molar refractivity (Wildman–Crippen MR) is 160 cm³/mol. The summed E-state index contributed by atoms with van der Waals surface area (Å²) in [6.45, 7) is 5.70. The van der Waals surface area contributed by atoms with E-state index < -0.39 is 0 Å². The molecule has 4 aromatic heterocycles. The van der Waals surface area contributed by atoms with Gasteiger partial charge in [0.1, 0.15) is 11.3 Å². The van der Waals surface area contributed by atoms with E-state index in [1.165, 1.54) is 0 Å². The Morgan fingerprint density at radius 3 is 2.25 bits per heavy atom. The van der Waals surface area contributed by atoms with Gasteiger partial charge < -0.3 is 19.4 Å². The number of halogens is 2. The highest BCUT2D eigenvalue weighted by molar-refractivity contribution is 6.30. The lowest BCUT2D eigenvalue weighted by Crippen LogP contribution is -2.34. The summed E-state index contributed by atoms with van der Waals surface area (Å²) >= 11 is 12.2. The molecule has 5 aromatic rings. The number of benzene rings is 1. The average Bonchev–Trinajstić information content (AvgIpc) is 3.50. The van der Waals surface area contributed by atoms with E-state index in [9.17, 15) is 9.59 Å². The summed E-state index contributed by atoms with van der Waals surface area (Å²) in [5.41, 5.74) is 10.1. The van der Waals surface area contributed by atoms with Crippen molar-refractivity contribution in [2.24, 2.45) is 5.73 Å². The van der Waals surface area contributed by atoms with Gasteiger partial charge in [-0.3, -0.25) is 9.59 Å². The Balaban J connectivity index is 0.000000236. The normalized spacial score (nSPS) is 10.9. The molecule has 8 nitrogen and oxygen atoms in total. The standard InChI is InChI=1S/C21H23Cl2N3O.C9H9N3O/c1-3-11-25(12-4-2)20(27)13-18-21(15-5-7-16(22)8-6-15)24-19-10-9-17(23)14-26(18)19;10-8(13)5-7-6-11-9-3-1-2-4-12(7)9/h5-10,14H,3-4,11-13H2,1-2H3;1-4,6H,5H2,(H2,10,13). The molecule has 0 saturated carbocycles. The maximum atomic E-state index is 13.0. The Labute approximate surface area is 243 Å². The number of primary amides is 1. The van der Waals surface area contributed by atoms with Crippen LogP contribution in [0.3, 0.4) is 0 Å². The molecule has 0 radical (unpaired) electrons.